The maximum Gasteiger partial charge on any atom is 0.120 e. The van der Waals surface area contributed by atoms with Crippen LogP contribution in [0.25, 0.3) is 0 Å². The second-order valence-corrected chi connectivity index (χ2v) is 5.80. The van der Waals surface area contributed by atoms with Gasteiger partial charge in [-0.3, -0.25) is 0 Å². The van der Waals surface area contributed by atoms with Crippen LogP contribution in [0.3, 0.4) is 0 Å². The predicted molar refractivity (Wildman–Crippen MR) is 71.8 cm³/mol. The summed E-state index contributed by atoms with van der Waals surface area (Å²) in [5.41, 5.74) is 1.38. The monoisotopic (exact) mass is 246 g/mol. The average Bonchev–Trinajstić information content (AvgIpc) is 2.91. The Morgan fingerprint density at radius 2 is 2.11 bits per heavy atom. The van der Waals surface area contributed by atoms with Crippen molar-refractivity contribution in [2.75, 3.05) is 0 Å². The van der Waals surface area contributed by atoms with Gasteiger partial charge in [-0.15, -0.1) is 0 Å². The standard InChI is InChI=1S/C16H22O2/c1-2-12-6-5-7-13(10-12)18-15-11-14(17)16(15)8-3-4-9-16/h5-7,10,14-15,17H,2-4,8-9,11H2,1H3. The van der Waals surface area contributed by atoms with Crippen LogP contribution in [0.1, 0.15) is 44.6 Å². The van der Waals surface area contributed by atoms with E-state index in [4.69, 9.17) is 4.74 Å². The molecule has 0 bridgehead atoms. The fraction of sp³-hybridized carbons (Fsp3) is 0.625. The molecule has 0 aliphatic heterocycles. The molecule has 0 saturated heterocycles. The summed E-state index contributed by atoms with van der Waals surface area (Å²) in [4.78, 5) is 0. The maximum atomic E-state index is 10.1. The maximum absolute atomic E-state index is 10.1. The molecular weight excluding hydrogens is 224 g/mol. The molecule has 0 radical (unpaired) electrons. The highest BCUT2D eigenvalue weighted by Gasteiger charge is 2.57. The summed E-state index contributed by atoms with van der Waals surface area (Å²) in [5.74, 6) is 0.970. The second kappa shape index (κ2) is 4.58. The van der Waals surface area contributed by atoms with Gasteiger partial charge in [-0.05, 0) is 37.0 Å². The molecule has 1 spiro atoms. The van der Waals surface area contributed by atoms with Gasteiger partial charge in [0.05, 0.1) is 6.10 Å². The molecular formula is C16H22O2. The van der Waals surface area contributed by atoms with Crippen LogP contribution in [0.4, 0.5) is 0 Å². The summed E-state index contributed by atoms with van der Waals surface area (Å²) >= 11 is 0. The van der Waals surface area contributed by atoms with Crippen molar-refractivity contribution in [3.8, 4) is 5.75 Å². The summed E-state index contributed by atoms with van der Waals surface area (Å²) < 4.78 is 6.14. The molecule has 98 valence electrons. The van der Waals surface area contributed by atoms with E-state index in [0.717, 1.165) is 31.4 Å². The zero-order valence-corrected chi connectivity index (χ0v) is 11.1. The third-order valence-corrected chi connectivity index (χ3v) is 4.86. The molecule has 2 unspecified atom stereocenters. The van der Waals surface area contributed by atoms with Crippen molar-refractivity contribution < 1.29 is 9.84 Å². The first-order valence-corrected chi connectivity index (χ1v) is 7.18. The normalized spacial score (nSPS) is 29.2. The fourth-order valence-electron chi connectivity index (χ4n) is 3.58. The largest absolute Gasteiger partial charge is 0.490 e. The Morgan fingerprint density at radius 1 is 1.33 bits per heavy atom. The summed E-state index contributed by atoms with van der Waals surface area (Å²) in [5, 5.41) is 10.1. The van der Waals surface area contributed by atoms with E-state index < -0.39 is 0 Å². The first-order chi connectivity index (χ1) is 8.74. The zero-order chi connectivity index (χ0) is 12.6. The first kappa shape index (κ1) is 12.0. The van der Waals surface area contributed by atoms with Crippen LogP contribution in [-0.2, 0) is 6.42 Å². The summed E-state index contributed by atoms with van der Waals surface area (Å²) in [6, 6.07) is 8.36. The molecule has 2 aliphatic rings. The van der Waals surface area contributed by atoms with Gasteiger partial charge in [-0.1, -0.05) is 31.9 Å². The Kier molecular flexibility index (Phi) is 3.06. The number of hydrogen-bond donors (Lipinski definition) is 1. The van der Waals surface area contributed by atoms with Crippen molar-refractivity contribution in [1.82, 2.24) is 0 Å². The molecule has 1 N–H and O–H groups in total. The predicted octanol–water partition coefficient (Wildman–Crippen LogP) is 3.32. The Morgan fingerprint density at radius 3 is 2.78 bits per heavy atom. The summed E-state index contributed by atoms with van der Waals surface area (Å²) in [6.45, 7) is 2.16. The van der Waals surface area contributed by atoms with Gasteiger partial charge in [0, 0.05) is 11.8 Å². The van der Waals surface area contributed by atoms with Crippen LogP contribution in [-0.4, -0.2) is 17.3 Å². The molecule has 1 aromatic rings. The molecule has 2 atom stereocenters. The molecule has 2 aliphatic carbocycles. The van der Waals surface area contributed by atoms with E-state index in [0.29, 0.717) is 0 Å². The van der Waals surface area contributed by atoms with Gasteiger partial charge in [0.2, 0.25) is 0 Å². The lowest BCUT2D eigenvalue weighted by atomic mass is 9.62. The topological polar surface area (TPSA) is 29.5 Å². The van der Waals surface area contributed by atoms with E-state index in [-0.39, 0.29) is 17.6 Å². The molecule has 2 nitrogen and oxygen atoms in total. The highest BCUT2D eigenvalue weighted by molar-refractivity contribution is 5.29. The lowest BCUT2D eigenvalue weighted by molar-refractivity contribution is -0.151. The second-order valence-electron chi connectivity index (χ2n) is 5.80. The van der Waals surface area contributed by atoms with Crippen LogP contribution in [0.2, 0.25) is 0 Å². The smallest absolute Gasteiger partial charge is 0.120 e. The van der Waals surface area contributed by atoms with E-state index in [9.17, 15) is 5.11 Å². The molecule has 0 heterocycles. The van der Waals surface area contributed by atoms with Crippen molar-refractivity contribution in [1.29, 1.82) is 0 Å². The third-order valence-electron chi connectivity index (χ3n) is 4.86. The Labute approximate surface area is 109 Å². The first-order valence-electron chi connectivity index (χ1n) is 7.18. The zero-order valence-electron chi connectivity index (χ0n) is 11.1. The van der Waals surface area contributed by atoms with Crippen molar-refractivity contribution in [2.24, 2.45) is 5.41 Å². The van der Waals surface area contributed by atoms with Crippen LogP contribution < -0.4 is 4.74 Å². The number of aryl methyl sites for hydroxylation is 1. The van der Waals surface area contributed by atoms with Gasteiger partial charge in [-0.2, -0.15) is 0 Å². The molecule has 1 aromatic carbocycles. The van der Waals surface area contributed by atoms with E-state index in [1.165, 1.54) is 18.4 Å². The van der Waals surface area contributed by atoms with E-state index in [1.807, 2.05) is 6.07 Å². The minimum atomic E-state index is -0.139. The van der Waals surface area contributed by atoms with Gasteiger partial charge < -0.3 is 9.84 Å². The Bertz CT molecular complexity index is 421. The van der Waals surface area contributed by atoms with Crippen LogP contribution in [0, 0.1) is 5.41 Å². The quantitative estimate of drug-likeness (QED) is 0.886. The molecule has 3 rings (SSSR count). The van der Waals surface area contributed by atoms with Gasteiger partial charge in [-0.25, -0.2) is 0 Å². The van der Waals surface area contributed by atoms with Crippen LogP contribution in [0.5, 0.6) is 5.75 Å². The number of rotatable bonds is 3. The number of aliphatic hydroxyl groups is 1. The number of aliphatic hydroxyl groups excluding tert-OH is 1. The van der Waals surface area contributed by atoms with Gasteiger partial charge in [0.1, 0.15) is 11.9 Å². The SMILES string of the molecule is CCc1cccc(OC2CC(O)C23CCCC3)c1. The lowest BCUT2D eigenvalue weighted by Gasteiger charge is -2.51. The fourth-order valence-corrected chi connectivity index (χ4v) is 3.58. The van der Waals surface area contributed by atoms with Crippen molar-refractivity contribution >= 4 is 0 Å². The van der Waals surface area contributed by atoms with Crippen LogP contribution in [0.15, 0.2) is 24.3 Å². The summed E-state index contributed by atoms with van der Waals surface area (Å²) in [7, 11) is 0. The summed E-state index contributed by atoms with van der Waals surface area (Å²) in [6.07, 6.45) is 6.67. The number of ether oxygens (including phenoxy) is 1. The molecule has 0 amide bonds. The Balaban J connectivity index is 1.73. The number of benzene rings is 1. The van der Waals surface area contributed by atoms with E-state index >= 15 is 0 Å². The van der Waals surface area contributed by atoms with E-state index in [2.05, 4.69) is 25.1 Å². The molecule has 0 aromatic heterocycles. The molecule has 2 heteroatoms. The number of hydrogen-bond acceptors (Lipinski definition) is 2. The van der Waals surface area contributed by atoms with Crippen LogP contribution >= 0.6 is 0 Å². The average molecular weight is 246 g/mol. The third kappa shape index (κ3) is 1.83. The van der Waals surface area contributed by atoms with Gasteiger partial charge in [0.15, 0.2) is 0 Å². The minimum absolute atomic E-state index is 0.0716. The van der Waals surface area contributed by atoms with Crippen molar-refractivity contribution in [3.63, 3.8) is 0 Å². The molecule has 2 fully saturated rings. The van der Waals surface area contributed by atoms with Crippen molar-refractivity contribution in [2.45, 2.75) is 57.7 Å². The molecule has 2 saturated carbocycles. The van der Waals surface area contributed by atoms with E-state index in [1.54, 1.807) is 0 Å². The highest BCUT2D eigenvalue weighted by Crippen LogP contribution is 2.54. The molecule has 18 heavy (non-hydrogen) atoms. The minimum Gasteiger partial charge on any atom is -0.490 e. The van der Waals surface area contributed by atoms with Crippen molar-refractivity contribution in [3.05, 3.63) is 29.8 Å². The Hall–Kier alpha value is -1.02. The lowest BCUT2D eigenvalue weighted by Crippen LogP contribution is -2.58. The highest BCUT2D eigenvalue weighted by atomic mass is 16.5. The van der Waals surface area contributed by atoms with Gasteiger partial charge in [0.25, 0.3) is 0 Å². The van der Waals surface area contributed by atoms with Gasteiger partial charge >= 0.3 is 0 Å².